The van der Waals surface area contributed by atoms with Crippen molar-refractivity contribution in [3.63, 3.8) is 0 Å². The van der Waals surface area contributed by atoms with Crippen LogP contribution in [0.4, 0.5) is 5.95 Å². The largest absolute Gasteiger partial charge is 0.507 e. The number of anilines is 1. The van der Waals surface area contributed by atoms with E-state index in [1.165, 1.54) is 0 Å². The summed E-state index contributed by atoms with van der Waals surface area (Å²) in [6.45, 7) is 8.87. The SMILES string of the molecule is Cc1cnc[n+](-c2ccc(-c3cnc(N4CCN[C@@H](C(C)C)C4)nn3)c(O)c2)n1. The number of rotatable bonds is 4. The van der Waals surface area contributed by atoms with E-state index in [1.807, 2.05) is 13.0 Å². The highest BCUT2D eigenvalue weighted by Crippen LogP contribution is 2.28. The summed E-state index contributed by atoms with van der Waals surface area (Å²) in [6, 6.07) is 5.67. The second kappa shape index (κ2) is 8.04. The molecule has 1 aromatic carbocycles. The fraction of sp³-hybridized carbons (Fsp3) is 0.400. The van der Waals surface area contributed by atoms with Gasteiger partial charge in [0.05, 0.1) is 6.20 Å². The molecule has 9 heteroatoms. The smallest absolute Gasteiger partial charge is 0.311 e. The first kappa shape index (κ1) is 19.1. The quantitative estimate of drug-likeness (QED) is 0.634. The van der Waals surface area contributed by atoms with E-state index < -0.39 is 0 Å². The molecule has 0 bridgehead atoms. The van der Waals surface area contributed by atoms with Gasteiger partial charge in [0.15, 0.2) is 11.9 Å². The van der Waals surface area contributed by atoms with Gasteiger partial charge in [-0.25, -0.2) is 4.98 Å². The van der Waals surface area contributed by atoms with Crippen molar-refractivity contribution in [3.05, 3.63) is 42.6 Å². The number of aryl methyl sites for hydroxylation is 1. The number of aromatic hydroxyl groups is 1. The summed E-state index contributed by atoms with van der Waals surface area (Å²) in [5.41, 5.74) is 2.59. The van der Waals surface area contributed by atoms with E-state index in [2.05, 4.69) is 49.3 Å². The normalized spacial score (nSPS) is 17.0. The summed E-state index contributed by atoms with van der Waals surface area (Å²) < 4.78 is 1.61. The summed E-state index contributed by atoms with van der Waals surface area (Å²) in [4.78, 5) is 10.8. The van der Waals surface area contributed by atoms with Crippen LogP contribution in [0.3, 0.4) is 0 Å². The van der Waals surface area contributed by atoms with E-state index in [-0.39, 0.29) is 5.75 Å². The number of phenols is 1. The van der Waals surface area contributed by atoms with Gasteiger partial charge in [0.25, 0.3) is 0 Å². The van der Waals surface area contributed by atoms with E-state index in [0.29, 0.717) is 34.9 Å². The molecule has 0 aliphatic carbocycles. The van der Waals surface area contributed by atoms with Crippen molar-refractivity contribution in [2.45, 2.75) is 26.8 Å². The predicted octanol–water partition coefficient (Wildman–Crippen LogP) is 1.05. The van der Waals surface area contributed by atoms with Crippen molar-refractivity contribution in [2.24, 2.45) is 5.92 Å². The Morgan fingerprint density at radius 3 is 2.79 bits per heavy atom. The van der Waals surface area contributed by atoms with Gasteiger partial charge in [0.1, 0.15) is 17.1 Å². The highest BCUT2D eigenvalue weighted by atomic mass is 16.3. The number of nitrogens with zero attached hydrogens (tertiary/aromatic N) is 7. The Morgan fingerprint density at radius 1 is 1.24 bits per heavy atom. The zero-order chi connectivity index (χ0) is 20.4. The molecule has 9 nitrogen and oxygen atoms in total. The number of benzene rings is 1. The van der Waals surface area contributed by atoms with Crippen LogP contribution in [0.25, 0.3) is 16.9 Å². The zero-order valence-corrected chi connectivity index (χ0v) is 16.8. The van der Waals surface area contributed by atoms with Gasteiger partial charge in [0, 0.05) is 37.3 Å². The van der Waals surface area contributed by atoms with Crippen LogP contribution >= 0.6 is 0 Å². The second-order valence-electron chi connectivity index (χ2n) is 7.58. The number of aromatic nitrogens is 6. The Bertz CT molecular complexity index is 992. The maximum absolute atomic E-state index is 10.5. The fourth-order valence-electron chi connectivity index (χ4n) is 3.37. The maximum Gasteiger partial charge on any atom is 0.311 e. The zero-order valence-electron chi connectivity index (χ0n) is 16.8. The molecular weight excluding hydrogens is 368 g/mol. The van der Waals surface area contributed by atoms with E-state index in [9.17, 15) is 5.11 Å². The highest BCUT2D eigenvalue weighted by molar-refractivity contribution is 5.67. The first-order valence-corrected chi connectivity index (χ1v) is 9.73. The number of nitrogens with one attached hydrogen (secondary N) is 1. The van der Waals surface area contributed by atoms with E-state index in [4.69, 9.17) is 0 Å². The lowest BCUT2D eigenvalue weighted by Crippen LogP contribution is -2.53. The molecule has 29 heavy (non-hydrogen) atoms. The topological polar surface area (TPSA) is 104 Å². The summed E-state index contributed by atoms with van der Waals surface area (Å²) in [5, 5.41) is 27.0. The van der Waals surface area contributed by atoms with Gasteiger partial charge in [-0.3, -0.25) is 0 Å². The molecule has 4 rings (SSSR count). The number of hydrogen-bond acceptors (Lipinski definition) is 8. The van der Waals surface area contributed by atoms with Gasteiger partial charge in [-0.05, 0) is 25.0 Å². The lowest BCUT2D eigenvalue weighted by molar-refractivity contribution is -0.663. The molecule has 2 N–H and O–H groups in total. The molecule has 0 spiro atoms. The molecule has 0 saturated carbocycles. The average Bonchev–Trinajstić information content (AvgIpc) is 2.74. The van der Waals surface area contributed by atoms with Crippen LogP contribution in [0, 0.1) is 12.8 Å². The third-order valence-electron chi connectivity index (χ3n) is 5.07. The Hall–Kier alpha value is -3.20. The van der Waals surface area contributed by atoms with Crippen molar-refractivity contribution < 1.29 is 9.79 Å². The third kappa shape index (κ3) is 4.14. The molecule has 0 radical (unpaired) electrons. The Balaban J connectivity index is 1.55. The average molecular weight is 393 g/mol. The maximum atomic E-state index is 10.5. The Labute approximate surface area is 169 Å². The molecule has 150 valence electrons. The van der Waals surface area contributed by atoms with Crippen LogP contribution in [0.5, 0.6) is 5.75 Å². The minimum absolute atomic E-state index is 0.0872. The Kier molecular flexibility index (Phi) is 5.30. The van der Waals surface area contributed by atoms with Crippen molar-refractivity contribution in [3.8, 4) is 22.7 Å². The molecular formula is C20H25N8O+. The molecule has 0 unspecified atom stereocenters. The van der Waals surface area contributed by atoms with Crippen LogP contribution in [0.15, 0.2) is 36.9 Å². The molecule has 1 saturated heterocycles. The molecule has 2 aromatic heterocycles. The summed E-state index contributed by atoms with van der Waals surface area (Å²) >= 11 is 0. The van der Waals surface area contributed by atoms with Gasteiger partial charge in [0.2, 0.25) is 5.95 Å². The van der Waals surface area contributed by atoms with Crippen molar-refractivity contribution in [1.82, 2.24) is 30.6 Å². The second-order valence-corrected chi connectivity index (χ2v) is 7.58. The molecule has 3 aromatic rings. The molecule has 0 amide bonds. The van der Waals surface area contributed by atoms with Gasteiger partial charge >= 0.3 is 6.33 Å². The highest BCUT2D eigenvalue weighted by Gasteiger charge is 2.24. The van der Waals surface area contributed by atoms with Gasteiger partial charge in [-0.1, -0.05) is 23.9 Å². The summed E-state index contributed by atoms with van der Waals surface area (Å²) in [5.74, 6) is 1.24. The van der Waals surface area contributed by atoms with Crippen molar-refractivity contribution in [1.29, 1.82) is 0 Å². The minimum Gasteiger partial charge on any atom is -0.507 e. The lowest BCUT2D eigenvalue weighted by atomic mass is 10.0. The van der Waals surface area contributed by atoms with Crippen molar-refractivity contribution >= 4 is 5.95 Å². The third-order valence-corrected chi connectivity index (χ3v) is 5.07. The minimum atomic E-state index is 0.0872. The van der Waals surface area contributed by atoms with E-state index in [1.54, 1.807) is 35.5 Å². The number of piperazine rings is 1. The standard InChI is InChI=1S/C20H24N8O/c1-13(2)18-11-27(7-6-22-18)20-23-10-17(24-25-20)16-5-4-15(8-19(16)29)28-12-21-9-14(3)26-28/h4-5,8-10,12-13,18,22H,6-7,11H2,1-3H3/p+1/t18-/m1/s1. The van der Waals surface area contributed by atoms with Crippen LogP contribution in [0.1, 0.15) is 19.5 Å². The lowest BCUT2D eigenvalue weighted by Gasteiger charge is -2.35. The van der Waals surface area contributed by atoms with Crippen molar-refractivity contribution in [2.75, 3.05) is 24.5 Å². The molecule has 3 heterocycles. The van der Waals surface area contributed by atoms with E-state index in [0.717, 1.165) is 25.3 Å². The van der Waals surface area contributed by atoms with Gasteiger partial charge < -0.3 is 15.3 Å². The van der Waals surface area contributed by atoms with Crippen LogP contribution in [0.2, 0.25) is 0 Å². The fourth-order valence-corrected chi connectivity index (χ4v) is 3.37. The molecule has 1 atom stereocenters. The first-order chi connectivity index (χ1) is 14.0. The summed E-state index contributed by atoms with van der Waals surface area (Å²) in [7, 11) is 0. The number of phenolic OH excluding ortho intramolecular Hbond substituents is 1. The summed E-state index contributed by atoms with van der Waals surface area (Å²) in [6.07, 6.45) is 4.92. The van der Waals surface area contributed by atoms with Gasteiger partial charge in [-0.2, -0.15) is 0 Å². The van der Waals surface area contributed by atoms with Crippen LogP contribution < -0.4 is 14.9 Å². The predicted molar refractivity (Wildman–Crippen MR) is 108 cm³/mol. The van der Waals surface area contributed by atoms with E-state index >= 15 is 0 Å². The number of hydrogen-bond donors (Lipinski definition) is 2. The monoisotopic (exact) mass is 393 g/mol. The first-order valence-electron chi connectivity index (χ1n) is 9.73. The molecule has 1 aliphatic heterocycles. The van der Waals surface area contributed by atoms with Crippen LogP contribution in [-0.4, -0.2) is 56.0 Å². The van der Waals surface area contributed by atoms with Gasteiger partial charge in [-0.15, -0.1) is 14.9 Å². The van der Waals surface area contributed by atoms with Crippen LogP contribution in [-0.2, 0) is 0 Å². The Morgan fingerprint density at radius 2 is 2.10 bits per heavy atom. The molecule has 1 fully saturated rings. The molecule has 1 aliphatic rings.